The zero-order valence-corrected chi connectivity index (χ0v) is 12.8. The van der Waals surface area contributed by atoms with Crippen LogP contribution in [0.2, 0.25) is 5.02 Å². The topological polar surface area (TPSA) is 53.7 Å². The highest BCUT2D eigenvalue weighted by atomic mass is 35.5. The quantitative estimate of drug-likeness (QED) is 0.637. The first kappa shape index (κ1) is 17.4. The van der Waals surface area contributed by atoms with Crippen molar-refractivity contribution >= 4 is 11.6 Å². The first-order chi connectivity index (χ1) is 9.72. The van der Waals surface area contributed by atoms with E-state index in [0.717, 1.165) is 23.4 Å². The van der Waals surface area contributed by atoms with Crippen molar-refractivity contribution in [3.05, 3.63) is 34.9 Å². The normalized spacial score (nSPS) is 12.6. The summed E-state index contributed by atoms with van der Waals surface area (Å²) < 4.78 is 15.6. The van der Waals surface area contributed by atoms with Gasteiger partial charge in [0.05, 0.1) is 26.4 Å². The molecule has 2 N–H and O–H groups in total. The summed E-state index contributed by atoms with van der Waals surface area (Å²) in [7, 11) is 1.65. The molecule has 0 aliphatic rings. The average Bonchev–Trinajstić information content (AvgIpc) is 2.42. The third-order valence-electron chi connectivity index (χ3n) is 2.82. The van der Waals surface area contributed by atoms with Gasteiger partial charge in [-0.05, 0) is 30.5 Å². The molecule has 114 valence electrons. The lowest BCUT2D eigenvalue weighted by Gasteiger charge is -2.12. The van der Waals surface area contributed by atoms with Crippen molar-refractivity contribution < 1.29 is 14.2 Å². The third kappa shape index (κ3) is 8.51. The third-order valence-corrected chi connectivity index (χ3v) is 3.06. The zero-order chi connectivity index (χ0) is 14.6. The molecule has 20 heavy (non-hydrogen) atoms. The van der Waals surface area contributed by atoms with Gasteiger partial charge in [0.2, 0.25) is 0 Å². The standard InChI is InChI=1S/C15H24ClNO3/c1-18-7-8-20-10-9-19-6-5-15(17)12-13-3-2-4-14(16)11-13/h2-4,11,15H,5-10,12,17H2,1H3. The smallest absolute Gasteiger partial charge is 0.0701 e. The van der Waals surface area contributed by atoms with Crippen molar-refractivity contribution in [3.63, 3.8) is 0 Å². The van der Waals surface area contributed by atoms with Gasteiger partial charge in [-0.2, -0.15) is 0 Å². The number of ether oxygens (including phenoxy) is 3. The van der Waals surface area contributed by atoms with Gasteiger partial charge >= 0.3 is 0 Å². The molecule has 1 aromatic rings. The molecule has 0 amide bonds. The molecule has 0 radical (unpaired) electrons. The van der Waals surface area contributed by atoms with Crippen LogP contribution in [0.4, 0.5) is 0 Å². The number of nitrogens with two attached hydrogens (primary N) is 1. The minimum Gasteiger partial charge on any atom is -0.382 e. The molecule has 0 spiro atoms. The van der Waals surface area contributed by atoms with Crippen molar-refractivity contribution in [1.29, 1.82) is 0 Å². The average molecular weight is 302 g/mol. The number of rotatable bonds is 11. The molecule has 0 aromatic heterocycles. The van der Waals surface area contributed by atoms with E-state index in [2.05, 4.69) is 0 Å². The minimum absolute atomic E-state index is 0.0860. The van der Waals surface area contributed by atoms with Crippen LogP contribution in [-0.2, 0) is 20.6 Å². The Kier molecular flexibility index (Phi) is 9.62. The van der Waals surface area contributed by atoms with Crippen LogP contribution in [0, 0.1) is 0 Å². The van der Waals surface area contributed by atoms with Gasteiger partial charge in [-0.1, -0.05) is 23.7 Å². The number of benzene rings is 1. The summed E-state index contributed by atoms with van der Waals surface area (Å²) in [5, 5.41) is 0.749. The van der Waals surface area contributed by atoms with E-state index in [0.29, 0.717) is 33.0 Å². The van der Waals surface area contributed by atoms with E-state index in [-0.39, 0.29) is 6.04 Å². The van der Waals surface area contributed by atoms with Crippen LogP contribution in [0.25, 0.3) is 0 Å². The largest absolute Gasteiger partial charge is 0.382 e. The summed E-state index contributed by atoms with van der Waals surface area (Å²) >= 11 is 5.94. The molecule has 4 nitrogen and oxygen atoms in total. The Morgan fingerprint density at radius 3 is 2.50 bits per heavy atom. The summed E-state index contributed by atoms with van der Waals surface area (Å²) in [6.07, 6.45) is 1.64. The van der Waals surface area contributed by atoms with Gasteiger partial charge in [-0.25, -0.2) is 0 Å². The molecule has 0 bridgehead atoms. The highest BCUT2D eigenvalue weighted by Gasteiger charge is 2.04. The van der Waals surface area contributed by atoms with Gasteiger partial charge in [0.15, 0.2) is 0 Å². The molecule has 0 saturated heterocycles. The molecule has 0 saturated carbocycles. The maximum atomic E-state index is 6.07. The fraction of sp³-hybridized carbons (Fsp3) is 0.600. The van der Waals surface area contributed by atoms with Gasteiger partial charge in [0.25, 0.3) is 0 Å². The maximum Gasteiger partial charge on any atom is 0.0701 e. The minimum atomic E-state index is 0.0860. The summed E-state index contributed by atoms with van der Waals surface area (Å²) in [6.45, 7) is 3.05. The number of halogens is 1. The van der Waals surface area contributed by atoms with Gasteiger partial charge in [-0.15, -0.1) is 0 Å². The predicted molar refractivity (Wildman–Crippen MR) is 81.3 cm³/mol. The molecule has 1 rings (SSSR count). The highest BCUT2D eigenvalue weighted by Crippen LogP contribution is 2.12. The molecule has 5 heteroatoms. The molecule has 0 aliphatic heterocycles. The van der Waals surface area contributed by atoms with Crippen molar-refractivity contribution in [2.45, 2.75) is 18.9 Å². The van der Waals surface area contributed by atoms with Crippen molar-refractivity contribution in [1.82, 2.24) is 0 Å². The van der Waals surface area contributed by atoms with E-state index >= 15 is 0 Å². The Balaban J connectivity index is 2.01. The van der Waals surface area contributed by atoms with Gasteiger partial charge in [0, 0.05) is 24.8 Å². The Hall–Kier alpha value is -0.650. The molecule has 1 atom stereocenters. The van der Waals surface area contributed by atoms with Gasteiger partial charge in [-0.3, -0.25) is 0 Å². The summed E-state index contributed by atoms with van der Waals surface area (Å²) in [6, 6.07) is 7.88. The number of methoxy groups -OCH3 is 1. The molecular formula is C15H24ClNO3. The van der Waals surface area contributed by atoms with E-state index in [1.54, 1.807) is 7.11 Å². The van der Waals surface area contributed by atoms with Gasteiger partial charge in [0.1, 0.15) is 0 Å². The Bertz CT molecular complexity index is 363. The van der Waals surface area contributed by atoms with Crippen LogP contribution in [0.3, 0.4) is 0 Å². The lowest BCUT2D eigenvalue weighted by Crippen LogP contribution is -2.25. The molecule has 0 aliphatic carbocycles. The predicted octanol–water partition coefficient (Wildman–Crippen LogP) is 2.28. The highest BCUT2D eigenvalue weighted by molar-refractivity contribution is 6.30. The Morgan fingerprint density at radius 2 is 1.80 bits per heavy atom. The van der Waals surface area contributed by atoms with Crippen LogP contribution in [-0.4, -0.2) is 46.2 Å². The van der Waals surface area contributed by atoms with Crippen LogP contribution in [0.1, 0.15) is 12.0 Å². The molecule has 1 aromatic carbocycles. The van der Waals surface area contributed by atoms with E-state index in [1.807, 2.05) is 24.3 Å². The lowest BCUT2D eigenvalue weighted by molar-refractivity contribution is 0.0234. The molecule has 0 heterocycles. The van der Waals surface area contributed by atoms with Crippen molar-refractivity contribution in [2.24, 2.45) is 5.73 Å². The second-order valence-electron chi connectivity index (χ2n) is 4.60. The first-order valence-electron chi connectivity index (χ1n) is 6.87. The van der Waals surface area contributed by atoms with Crippen molar-refractivity contribution in [3.8, 4) is 0 Å². The summed E-state index contributed by atoms with van der Waals surface area (Å²) in [4.78, 5) is 0. The monoisotopic (exact) mass is 301 g/mol. The second-order valence-corrected chi connectivity index (χ2v) is 5.04. The maximum absolute atomic E-state index is 6.07. The fourth-order valence-electron chi connectivity index (χ4n) is 1.77. The van der Waals surface area contributed by atoms with Crippen LogP contribution < -0.4 is 5.73 Å². The SMILES string of the molecule is COCCOCCOCCC(N)Cc1cccc(Cl)c1. The Morgan fingerprint density at radius 1 is 1.10 bits per heavy atom. The van der Waals surface area contributed by atoms with Crippen LogP contribution >= 0.6 is 11.6 Å². The van der Waals surface area contributed by atoms with Gasteiger partial charge < -0.3 is 19.9 Å². The van der Waals surface area contributed by atoms with Crippen LogP contribution in [0.15, 0.2) is 24.3 Å². The number of hydrogen-bond acceptors (Lipinski definition) is 4. The summed E-state index contributed by atoms with van der Waals surface area (Å²) in [5.74, 6) is 0. The van der Waals surface area contributed by atoms with E-state index in [1.165, 1.54) is 0 Å². The van der Waals surface area contributed by atoms with E-state index in [4.69, 9.17) is 31.5 Å². The molecule has 1 unspecified atom stereocenters. The molecular weight excluding hydrogens is 278 g/mol. The summed E-state index contributed by atoms with van der Waals surface area (Å²) in [5.41, 5.74) is 7.23. The molecule has 0 fully saturated rings. The first-order valence-corrected chi connectivity index (χ1v) is 7.24. The van der Waals surface area contributed by atoms with E-state index in [9.17, 15) is 0 Å². The Labute approximate surface area is 126 Å². The number of hydrogen-bond donors (Lipinski definition) is 1. The van der Waals surface area contributed by atoms with Crippen LogP contribution in [0.5, 0.6) is 0 Å². The lowest BCUT2D eigenvalue weighted by atomic mass is 10.0. The fourth-order valence-corrected chi connectivity index (χ4v) is 1.98. The zero-order valence-electron chi connectivity index (χ0n) is 12.0. The second kappa shape index (κ2) is 11.1. The van der Waals surface area contributed by atoms with E-state index < -0.39 is 0 Å². The van der Waals surface area contributed by atoms with Crippen molar-refractivity contribution in [2.75, 3.05) is 40.1 Å².